The van der Waals surface area contributed by atoms with Crippen LogP contribution < -0.4 is 5.32 Å². The molecule has 0 radical (unpaired) electrons. The van der Waals surface area contributed by atoms with Gasteiger partial charge in [-0.1, -0.05) is 48.5 Å². The summed E-state index contributed by atoms with van der Waals surface area (Å²) < 4.78 is 6.95. The number of aromatic nitrogens is 2. The molecule has 0 unspecified atom stereocenters. The van der Waals surface area contributed by atoms with Crippen molar-refractivity contribution in [2.45, 2.75) is 38.9 Å². The summed E-state index contributed by atoms with van der Waals surface area (Å²) in [6.45, 7) is 4.39. The predicted octanol–water partition coefficient (Wildman–Crippen LogP) is 4.89. The SMILES string of the molecule is CCOC(=O)c1cccc(NC(=O)C[C@@H]2C(=O)N(Cc3ccccc3)[C@H](C)c3nc4ccccc4n32)c1. The van der Waals surface area contributed by atoms with Gasteiger partial charge in [0.05, 0.1) is 35.7 Å². The van der Waals surface area contributed by atoms with Crippen LogP contribution in [0.5, 0.6) is 0 Å². The highest BCUT2D eigenvalue weighted by Crippen LogP contribution is 2.37. The molecule has 1 aliphatic heterocycles. The van der Waals surface area contributed by atoms with Crippen molar-refractivity contribution in [1.82, 2.24) is 14.5 Å². The summed E-state index contributed by atoms with van der Waals surface area (Å²) in [6.07, 6.45) is -0.0756. The summed E-state index contributed by atoms with van der Waals surface area (Å²) >= 11 is 0. The summed E-state index contributed by atoms with van der Waals surface area (Å²) in [5, 5.41) is 2.84. The molecule has 0 fully saturated rings. The molecule has 37 heavy (non-hydrogen) atoms. The number of imidazole rings is 1. The van der Waals surface area contributed by atoms with Gasteiger partial charge in [0.1, 0.15) is 11.9 Å². The molecule has 0 aliphatic carbocycles. The van der Waals surface area contributed by atoms with E-state index >= 15 is 0 Å². The molecular formula is C29H28N4O4. The zero-order chi connectivity index (χ0) is 25.9. The Labute approximate surface area is 214 Å². The molecular weight excluding hydrogens is 468 g/mol. The molecule has 0 spiro atoms. The lowest BCUT2D eigenvalue weighted by Crippen LogP contribution is -2.45. The maximum atomic E-state index is 13.9. The Bertz CT molecular complexity index is 1460. The number of rotatable bonds is 7. The van der Waals surface area contributed by atoms with Crippen LogP contribution in [0.2, 0.25) is 0 Å². The number of ether oxygens (including phenoxy) is 1. The molecule has 0 bridgehead atoms. The number of benzene rings is 3. The molecule has 1 aliphatic rings. The molecule has 188 valence electrons. The van der Waals surface area contributed by atoms with Crippen molar-refractivity contribution in [1.29, 1.82) is 0 Å². The highest BCUT2D eigenvalue weighted by atomic mass is 16.5. The first-order chi connectivity index (χ1) is 18.0. The van der Waals surface area contributed by atoms with Crippen LogP contribution in [0.25, 0.3) is 11.0 Å². The number of anilines is 1. The smallest absolute Gasteiger partial charge is 0.338 e. The Morgan fingerprint density at radius 3 is 2.54 bits per heavy atom. The van der Waals surface area contributed by atoms with Crippen LogP contribution in [0.3, 0.4) is 0 Å². The van der Waals surface area contributed by atoms with Gasteiger partial charge in [0, 0.05) is 12.2 Å². The molecule has 1 N–H and O–H groups in total. The van der Waals surface area contributed by atoms with Crippen molar-refractivity contribution < 1.29 is 19.1 Å². The topological polar surface area (TPSA) is 93.5 Å². The Balaban J connectivity index is 1.45. The van der Waals surface area contributed by atoms with Crippen molar-refractivity contribution in [2.75, 3.05) is 11.9 Å². The Kier molecular flexibility index (Phi) is 6.72. The van der Waals surface area contributed by atoms with Crippen molar-refractivity contribution in [3.8, 4) is 0 Å². The van der Waals surface area contributed by atoms with Gasteiger partial charge in [-0.15, -0.1) is 0 Å². The lowest BCUT2D eigenvalue weighted by atomic mass is 10.0. The standard InChI is InChI=1S/C29H28N4O4/c1-3-37-29(36)21-12-9-13-22(16-21)30-26(34)17-25-28(35)32(18-20-10-5-4-6-11-20)19(2)27-31-23-14-7-8-15-24(23)33(25)27/h4-16,19,25H,3,17-18H2,1-2H3,(H,30,34)/t19-,25-/m1/s1. The molecule has 4 aromatic rings. The van der Waals surface area contributed by atoms with Gasteiger partial charge in [-0.05, 0) is 49.7 Å². The van der Waals surface area contributed by atoms with Crippen LogP contribution in [-0.4, -0.2) is 38.8 Å². The number of hydrogen-bond acceptors (Lipinski definition) is 5. The van der Waals surface area contributed by atoms with Crippen molar-refractivity contribution in [3.63, 3.8) is 0 Å². The molecule has 8 nitrogen and oxygen atoms in total. The van der Waals surface area contributed by atoms with E-state index in [0.29, 0.717) is 17.8 Å². The van der Waals surface area contributed by atoms with Crippen LogP contribution >= 0.6 is 0 Å². The Morgan fingerprint density at radius 1 is 1.00 bits per heavy atom. The molecule has 1 aromatic heterocycles. The van der Waals surface area contributed by atoms with Gasteiger partial charge in [0.2, 0.25) is 11.8 Å². The largest absolute Gasteiger partial charge is 0.462 e. The highest BCUT2D eigenvalue weighted by molar-refractivity contribution is 5.97. The van der Waals surface area contributed by atoms with E-state index in [-0.39, 0.29) is 30.9 Å². The number of para-hydroxylation sites is 2. The molecule has 0 saturated heterocycles. The van der Waals surface area contributed by atoms with Crippen molar-refractivity contribution >= 4 is 34.5 Å². The van der Waals surface area contributed by atoms with Crippen LogP contribution in [-0.2, 0) is 20.9 Å². The number of nitrogens with one attached hydrogen (secondary N) is 1. The van der Waals surface area contributed by atoms with E-state index in [0.717, 1.165) is 22.4 Å². The number of nitrogens with zero attached hydrogens (tertiary/aromatic N) is 3. The van der Waals surface area contributed by atoms with E-state index in [1.54, 1.807) is 36.1 Å². The summed E-state index contributed by atoms with van der Waals surface area (Å²) in [4.78, 5) is 45.8. The lowest BCUT2D eigenvalue weighted by Gasteiger charge is -2.38. The van der Waals surface area contributed by atoms with E-state index in [9.17, 15) is 14.4 Å². The third kappa shape index (κ3) is 4.82. The zero-order valence-electron chi connectivity index (χ0n) is 20.8. The Morgan fingerprint density at radius 2 is 1.76 bits per heavy atom. The van der Waals surface area contributed by atoms with Gasteiger partial charge >= 0.3 is 5.97 Å². The summed E-state index contributed by atoms with van der Waals surface area (Å²) in [6, 6.07) is 23.0. The van der Waals surface area contributed by atoms with Gasteiger partial charge < -0.3 is 19.5 Å². The monoisotopic (exact) mass is 496 g/mol. The third-order valence-corrected chi connectivity index (χ3v) is 6.58. The number of fused-ring (bicyclic) bond motifs is 3. The average molecular weight is 497 g/mol. The van der Waals surface area contributed by atoms with Crippen LogP contribution in [0, 0.1) is 0 Å². The number of carbonyl (C=O) groups excluding carboxylic acids is 3. The minimum atomic E-state index is -0.754. The zero-order valence-corrected chi connectivity index (χ0v) is 20.8. The predicted molar refractivity (Wildman–Crippen MR) is 140 cm³/mol. The van der Waals surface area contributed by atoms with Gasteiger partial charge in [0.25, 0.3) is 0 Å². The Hall–Kier alpha value is -4.46. The van der Waals surface area contributed by atoms with E-state index in [2.05, 4.69) is 5.32 Å². The van der Waals surface area contributed by atoms with Crippen molar-refractivity contribution in [2.24, 2.45) is 0 Å². The molecule has 5 rings (SSSR count). The number of carbonyl (C=O) groups is 3. The molecule has 2 amide bonds. The van der Waals surface area contributed by atoms with Crippen molar-refractivity contribution in [3.05, 3.63) is 95.8 Å². The summed E-state index contributed by atoms with van der Waals surface area (Å²) in [7, 11) is 0. The van der Waals surface area contributed by atoms with E-state index in [4.69, 9.17) is 9.72 Å². The minimum absolute atomic E-state index is 0.0756. The summed E-state index contributed by atoms with van der Waals surface area (Å²) in [5.74, 6) is -0.181. The molecule has 2 heterocycles. The van der Waals surface area contributed by atoms with E-state index in [1.807, 2.05) is 66.1 Å². The molecule has 0 saturated carbocycles. The van der Waals surface area contributed by atoms with Crippen LogP contribution in [0.15, 0.2) is 78.9 Å². The lowest BCUT2D eigenvalue weighted by molar-refractivity contribution is -0.142. The highest BCUT2D eigenvalue weighted by Gasteiger charge is 2.40. The van der Waals surface area contributed by atoms with Gasteiger partial charge in [0.15, 0.2) is 0 Å². The first-order valence-electron chi connectivity index (χ1n) is 12.3. The first kappa shape index (κ1) is 24.2. The number of hydrogen-bond donors (Lipinski definition) is 1. The normalized spacial score (nSPS) is 16.9. The maximum Gasteiger partial charge on any atom is 0.338 e. The van der Waals surface area contributed by atoms with Gasteiger partial charge in [-0.3, -0.25) is 9.59 Å². The minimum Gasteiger partial charge on any atom is -0.462 e. The second-order valence-electron chi connectivity index (χ2n) is 9.03. The second kappa shape index (κ2) is 10.3. The van der Waals surface area contributed by atoms with Gasteiger partial charge in [-0.2, -0.15) is 0 Å². The van der Waals surface area contributed by atoms with Crippen LogP contribution in [0.1, 0.15) is 54.1 Å². The maximum absolute atomic E-state index is 13.9. The number of esters is 1. The first-order valence-corrected chi connectivity index (χ1v) is 12.3. The van der Waals surface area contributed by atoms with Crippen LogP contribution in [0.4, 0.5) is 5.69 Å². The third-order valence-electron chi connectivity index (χ3n) is 6.58. The molecule has 2 atom stereocenters. The molecule has 8 heteroatoms. The summed E-state index contributed by atoms with van der Waals surface area (Å²) in [5.41, 5.74) is 3.42. The molecule has 3 aromatic carbocycles. The fourth-order valence-electron chi connectivity index (χ4n) is 4.82. The number of amides is 2. The fraction of sp³-hybridized carbons (Fsp3) is 0.241. The quantitative estimate of drug-likeness (QED) is 0.368. The fourth-order valence-corrected chi connectivity index (χ4v) is 4.82. The van der Waals surface area contributed by atoms with E-state index < -0.39 is 12.0 Å². The van der Waals surface area contributed by atoms with E-state index in [1.165, 1.54) is 0 Å². The van der Waals surface area contributed by atoms with Gasteiger partial charge in [-0.25, -0.2) is 9.78 Å². The average Bonchev–Trinajstić information content (AvgIpc) is 3.30. The second-order valence-corrected chi connectivity index (χ2v) is 9.03.